The van der Waals surface area contributed by atoms with Gasteiger partial charge in [0, 0.05) is 22.6 Å². The van der Waals surface area contributed by atoms with Gasteiger partial charge in [-0.05, 0) is 51.7 Å². The molecule has 0 fully saturated rings. The third kappa shape index (κ3) is 2.76. The number of rotatable bonds is 4. The molecule has 0 atom stereocenters. The van der Waals surface area contributed by atoms with Gasteiger partial charge in [-0.1, -0.05) is 48.5 Å². The fraction of sp³-hybridized carbons (Fsp3) is 0.143. The van der Waals surface area contributed by atoms with E-state index in [0.29, 0.717) is 6.61 Å². The molecule has 2 aliphatic rings. The summed E-state index contributed by atoms with van der Waals surface area (Å²) in [5.74, 6) is 2.67. The summed E-state index contributed by atoms with van der Waals surface area (Å²) in [6.45, 7) is 1.32. The van der Waals surface area contributed by atoms with Crippen molar-refractivity contribution >= 4 is 27.6 Å². The molecule has 4 nitrogen and oxygen atoms in total. The van der Waals surface area contributed by atoms with Crippen molar-refractivity contribution in [2.45, 2.75) is 0 Å². The van der Waals surface area contributed by atoms with Crippen LogP contribution in [0.25, 0.3) is 21.9 Å². The SMILES string of the molecule is COc1ccc(C2=c3c(c4c(c5ccccc35)=C(c3ccc(OC)cc3)CO4)NC2)cc1. The molecule has 158 valence electrons. The van der Waals surface area contributed by atoms with Crippen molar-refractivity contribution < 1.29 is 14.2 Å². The Hall–Kier alpha value is -3.92. The Balaban J connectivity index is 1.67. The van der Waals surface area contributed by atoms with E-state index in [9.17, 15) is 0 Å². The van der Waals surface area contributed by atoms with Gasteiger partial charge in [-0.3, -0.25) is 0 Å². The highest BCUT2D eigenvalue weighted by molar-refractivity contribution is 5.99. The Labute approximate surface area is 186 Å². The van der Waals surface area contributed by atoms with Crippen molar-refractivity contribution in [3.63, 3.8) is 0 Å². The fourth-order valence-electron chi connectivity index (χ4n) is 4.88. The third-order valence-electron chi connectivity index (χ3n) is 6.45. The molecule has 0 amide bonds. The zero-order chi connectivity index (χ0) is 21.7. The summed E-state index contributed by atoms with van der Waals surface area (Å²) >= 11 is 0. The van der Waals surface area contributed by atoms with Crippen LogP contribution in [0.5, 0.6) is 17.2 Å². The summed E-state index contributed by atoms with van der Waals surface area (Å²) in [5, 5.41) is 8.52. The number of ether oxygens (including phenoxy) is 3. The molecule has 0 unspecified atom stereocenters. The van der Waals surface area contributed by atoms with Crippen LogP contribution in [-0.2, 0) is 0 Å². The highest BCUT2D eigenvalue weighted by Gasteiger charge is 2.26. The molecule has 4 aromatic carbocycles. The molecule has 2 heterocycles. The van der Waals surface area contributed by atoms with Crippen LogP contribution in [0.3, 0.4) is 0 Å². The molecular formula is C28H23NO3. The molecule has 0 aromatic heterocycles. The molecule has 1 N–H and O–H groups in total. The van der Waals surface area contributed by atoms with Crippen molar-refractivity contribution in [1.29, 1.82) is 0 Å². The van der Waals surface area contributed by atoms with E-state index >= 15 is 0 Å². The summed E-state index contributed by atoms with van der Waals surface area (Å²) in [6, 6.07) is 25.2. The van der Waals surface area contributed by atoms with E-state index in [1.165, 1.54) is 37.9 Å². The van der Waals surface area contributed by atoms with Gasteiger partial charge in [0.15, 0.2) is 5.75 Å². The second-order valence-electron chi connectivity index (χ2n) is 8.06. The molecular weight excluding hydrogens is 398 g/mol. The lowest BCUT2D eigenvalue weighted by Gasteiger charge is -2.08. The lowest BCUT2D eigenvalue weighted by atomic mass is 9.96. The van der Waals surface area contributed by atoms with Gasteiger partial charge >= 0.3 is 0 Å². The number of methoxy groups -OCH3 is 2. The molecule has 0 bridgehead atoms. The van der Waals surface area contributed by atoms with Crippen LogP contribution >= 0.6 is 0 Å². The fourth-order valence-corrected chi connectivity index (χ4v) is 4.88. The number of nitrogens with one attached hydrogen (secondary N) is 1. The molecule has 0 spiro atoms. The van der Waals surface area contributed by atoms with Crippen molar-refractivity contribution in [3.05, 3.63) is 94.4 Å². The van der Waals surface area contributed by atoms with Gasteiger partial charge in [-0.2, -0.15) is 0 Å². The van der Waals surface area contributed by atoms with E-state index in [4.69, 9.17) is 14.2 Å². The highest BCUT2D eigenvalue weighted by Crippen LogP contribution is 2.33. The standard InChI is InChI=1S/C28H23NO3/c1-30-19-11-7-17(8-12-19)23-15-29-27-25(23)21-5-3-4-6-22(21)26-24(16-32-28(26)27)18-9-13-20(31-2)14-10-18/h3-14,29H,15-16H2,1-2H3. The summed E-state index contributed by atoms with van der Waals surface area (Å²) in [5.41, 5.74) is 5.93. The maximum Gasteiger partial charge on any atom is 0.151 e. The second kappa shape index (κ2) is 7.34. The van der Waals surface area contributed by atoms with E-state index in [-0.39, 0.29) is 0 Å². The number of benzene rings is 4. The first-order valence-electron chi connectivity index (χ1n) is 10.7. The quantitative estimate of drug-likeness (QED) is 0.539. The molecule has 4 heteroatoms. The van der Waals surface area contributed by atoms with Gasteiger partial charge in [0.05, 0.1) is 19.9 Å². The van der Waals surface area contributed by atoms with Crippen LogP contribution in [0.15, 0.2) is 72.8 Å². The van der Waals surface area contributed by atoms with Crippen LogP contribution in [0.2, 0.25) is 0 Å². The van der Waals surface area contributed by atoms with Crippen molar-refractivity contribution in [2.75, 3.05) is 32.7 Å². The predicted molar refractivity (Wildman–Crippen MR) is 128 cm³/mol. The monoisotopic (exact) mass is 421 g/mol. The van der Waals surface area contributed by atoms with Crippen LogP contribution < -0.4 is 30.0 Å². The highest BCUT2D eigenvalue weighted by atomic mass is 16.5. The largest absolute Gasteiger partial charge is 0.497 e. The zero-order valence-corrected chi connectivity index (χ0v) is 18.1. The first kappa shape index (κ1) is 18.8. The Morgan fingerprint density at radius 2 is 1.25 bits per heavy atom. The van der Waals surface area contributed by atoms with E-state index in [2.05, 4.69) is 53.8 Å². The zero-order valence-electron chi connectivity index (χ0n) is 18.1. The van der Waals surface area contributed by atoms with Crippen molar-refractivity contribution in [3.8, 4) is 17.2 Å². The third-order valence-corrected chi connectivity index (χ3v) is 6.45. The van der Waals surface area contributed by atoms with Crippen LogP contribution in [-0.4, -0.2) is 27.4 Å². The van der Waals surface area contributed by atoms with E-state index in [0.717, 1.165) is 35.0 Å². The average molecular weight is 421 g/mol. The molecule has 2 aliphatic heterocycles. The van der Waals surface area contributed by atoms with Gasteiger partial charge in [0.25, 0.3) is 0 Å². The molecule has 0 radical (unpaired) electrons. The number of hydrogen-bond acceptors (Lipinski definition) is 4. The van der Waals surface area contributed by atoms with Gasteiger partial charge in [0.2, 0.25) is 0 Å². The summed E-state index contributed by atoms with van der Waals surface area (Å²) in [6.07, 6.45) is 0. The Morgan fingerprint density at radius 3 is 1.84 bits per heavy atom. The second-order valence-corrected chi connectivity index (χ2v) is 8.06. The molecule has 0 aliphatic carbocycles. The maximum atomic E-state index is 6.33. The first-order chi connectivity index (χ1) is 15.8. The van der Waals surface area contributed by atoms with Crippen LogP contribution in [0, 0.1) is 0 Å². The minimum absolute atomic E-state index is 0.557. The van der Waals surface area contributed by atoms with E-state index in [1.807, 2.05) is 24.3 Å². The summed E-state index contributed by atoms with van der Waals surface area (Å²) in [7, 11) is 3.38. The lowest BCUT2D eigenvalue weighted by molar-refractivity contribution is 0.384. The molecule has 0 saturated heterocycles. The van der Waals surface area contributed by atoms with E-state index < -0.39 is 0 Å². The minimum Gasteiger partial charge on any atom is -0.497 e. The average Bonchev–Trinajstić information content (AvgIpc) is 3.49. The Kier molecular flexibility index (Phi) is 4.32. The Morgan fingerprint density at radius 1 is 0.688 bits per heavy atom. The van der Waals surface area contributed by atoms with Crippen LogP contribution in [0.1, 0.15) is 11.1 Å². The smallest absolute Gasteiger partial charge is 0.151 e. The van der Waals surface area contributed by atoms with Crippen LogP contribution in [0.4, 0.5) is 5.69 Å². The molecule has 6 rings (SSSR count). The number of hydrogen-bond donors (Lipinski definition) is 1. The van der Waals surface area contributed by atoms with E-state index in [1.54, 1.807) is 14.2 Å². The number of fused-ring (bicyclic) bond motifs is 6. The van der Waals surface area contributed by atoms with Crippen molar-refractivity contribution in [2.24, 2.45) is 0 Å². The topological polar surface area (TPSA) is 39.7 Å². The Bertz CT molecular complexity index is 1350. The van der Waals surface area contributed by atoms with Gasteiger partial charge in [0.1, 0.15) is 18.1 Å². The molecule has 32 heavy (non-hydrogen) atoms. The molecule has 4 aromatic rings. The maximum absolute atomic E-state index is 6.33. The molecule has 0 saturated carbocycles. The number of anilines is 1. The minimum atomic E-state index is 0.557. The predicted octanol–water partition coefficient (Wildman–Crippen LogP) is 4.07. The van der Waals surface area contributed by atoms with Gasteiger partial charge in [-0.15, -0.1) is 0 Å². The summed E-state index contributed by atoms with van der Waals surface area (Å²) in [4.78, 5) is 0. The first-order valence-corrected chi connectivity index (χ1v) is 10.7. The lowest BCUT2D eigenvalue weighted by Crippen LogP contribution is -2.15. The normalized spacial score (nSPS) is 14.1. The van der Waals surface area contributed by atoms with Gasteiger partial charge in [-0.25, -0.2) is 0 Å². The van der Waals surface area contributed by atoms with Gasteiger partial charge < -0.3 is 19.5 Å². The van der Waals surface area contributed by atoms with Crippen molar-refractivity contribution in [1.82, 2.24) is 0 Å². The summed E-state index contributed by atoms with van der Waals surface area (Å²) < 4.78 is 17.0.